The minimum Gasteiger partial charge on any atom is -0.394 e. The van der Waals surface area contributed by atoms with Crippen molar-refractivity contribution < 1.29 is 15.0 Å². The van der Waals surface area contributed by atoms with E-state index in [2.05, 4.69) is 79.9 Å². The van der Waals surface area contributed by atoms with Crippen molar-refractivity contribution in [1.82, 2.24) is 5.32 Å². The van der Waals surface area contributed by atoms with E-state index < -0.39 is 12.1 Å². The van der Waals surface area contributed by atoms with E-state index in [-0.39, 0.29) is 12.5 Å². The monoisotopic (exact) mass is 766 g/mol. The summed E-state index contributed by atoms with van der Waals surface area (Å²) < 4.78 is 0. The first-order chi connectivity index (χ1) is 27.2. The summed E-state index contributed by atoms with van der Waals surface area (Å²) in [5.41, 5.74) is 0. The number of carbonyl (C=O) groups excluding carboxylic acids is 1. The smallest absolute Gasteiger partial charge is 0.220 e. The molecule has 0 aromatic carbocycles. The molecule has 4 nitrogen and oxygen atoms in total. The Hall–Kier alpha value is -2.17. The van der Waals surface area contributed by atoms with Crippen LogP contribution >= 0.6 is 0 Å². The highest BCUT2D eigenvalue weighted by Crippen LogP contribution is 2.15. The molecule has 1 amide bonds. The summed E-state index contributed by atoms with van der Waals surface area (Å²) >= 11 is 0. The van der Waals surface area contributed by atoms with Gasteiger partial charge in [-0.25, -0.2) is 0 Å². The molecule has 55 heavy (non-hydrogen) atoms. The molecule has 3 N–H and O–H groups in total. The van der Waals surface area contributed by atoms with Crippen LogP contribution in [-0.4, -0.2) is 34.9 Å². The van der Waals surface area contributed by atoms with E-state index in [1.807, 2.05) is 6.08 Å². The molecule has 0 aromatic rings. The third-order valence-electron chi connectivity index (χ3n) is 10.4. The lowest BCUT2D eigenvalue weighted by atomic mass is 10.0. The summed E-state index contributed by atoms with van der Waals surface area (Å²) in [6, 6.07) is -0.637. The van der Waals surface area contributed by atoms with Crippen molar-refractivity contribution in [3.8, 4) is 0 Å². The number of amides is 1. The fourth-order valence-corrected chi connectivity index (χ4v) is 6.85. The van der Waals surface area contributed by atoms with E-state index in [1.165, 1.54) is 135 Å². The molecule has 0 fully saturated rings. The third-order valence-corrected chi connectivity index (χ3v) is 10.4. The second kappa shape index (κ2) is 46.2. The molecule has 0 aliphatic carbocycles. The Morgan fingerprint density at radius 3 is 1.20 bits per heavy atom. The van der Waals surface area contributed by atoms with Crippen LogP contribution in [0.15, 0.2) is 72.9 Å². The maximum Gasteiger partial charge on any atom is 0.220 e. The molecule has 318 valence electrons. The van der Waals surface area contributed by atoms with Gasteiger partial charge in [0, 0.05) is 6.42 Å². The van der Waals surface area contributed by atoms with Crippen LogP contribution in [-0.2, 0) is 4.79 Å². The van der Waals surface area contributed by atoms with Gasteiger partial charge in [0.2, 0.25) is 5.91 Å². The number of aliphatic hydroxyl groups excluding tert-OH is 2. The van der Waals surface area contributed by atoms with Crippen LogP contribution in [0.2, 0.25) is 0 Å². The van der Waals surface area contributed by atoms with Crippen molar-refractivity contribution >= 4 is 5.91 Å². The van der Waals surface area contributed by atoms with Crippen LogP contribution in [0.25, 0.3) is 0 Å². The van der Waals surface area contributed by atoms with Crippen molar-refractivity contribution in [2.24, 2.45) is 0 Å². The summed E-state index contributed by atoms with van der Waals surface area (Å²) in [5.74, 6) is -0.0839. The van der Waals surface area contributed by atoms with Gasteiger partial charge in [-0.3, -0.25) is 4.79 Å². The van der Waals surface area contributed by atoms with Gasteiger partial charge in [0.05, 0.1) is 18.8 Å². The summed E-state index contributed by atoms with van der Waals surface area (Å²) in [6.07, 6.45) is 65.9. The van der Waals surface area contributed by atoms with Crippen LogP contribution in [0, 0.1) is 0 Å². The first kappa shape index (κ1) is 52.8. The van der Waals surface area contributed by atoms with Crippen molar-refractivity contribution in [2.45, 2.75) is 238 Å². The molecule has 0 aromatic heterocycles. The van der Waals surface area contributed by atoms with Crippen LogP contribution in [0.5, 0.6) is 0 Å². The van der Waals surface area contributed by atoms with E-state index in [0.717, 1.165) is 70.6 Å². The SMILES string of the molecule is CC/C=C\C/C=C\C/C=C\C/C=C\C/C=C\CCCCCCCC(=O)NC(CO)C(O)/C=C/CCCCCCCCCCCCCCCCCCCCCC. The van der Waals surface area contributed by atoms with Crippen molar-refractivity contribution in [2.75, 3.05) is 6.61 Å². The standard InChI is InChI=1S/C51H91NO3/c1-3-5-7-9-11-13-15-17-19-21-23-25-27-28-30-32-34-36-38-40-42-44-46-50(54)49(48-53)52-51(55)47-45-43-41-39-37-35-33-31-29-26-24-22-20-18-16-14-12-10-8-6-4-2/h6,8,12,14,18,20,24,26,31,33,44,46,49-50,53-54H,3-5,7,9-11,13,15-17,19,21-23,25,27-30,32,34-43,45,47-48H2,1-2H3,(H,52,55)/b8-6-,14-12-,20-18-,26-24-,33-31-,46-44+. The van der Waals surface area contributed by atoms with Crippen molar-refractivity contribution in [1.29, 1.82) is 0 Å². The molecule has 0 rings (SSSR count). The minimum absolute atomic E-state index is 0.0839. The molecule has 0 saturated carbocycles. The van der Waals surface area contributed by atoms with Crippen LogP contribution in [0.3, 0.4) is 0 Å². The Labute approximate surface area is 342 Å². The van der Waals surface area contributed by atoms with Gasteiger partial charge in [-0.2, -0.15) is 0 Å². The molecule has 0 aliphatic rings. The number of carbonyl (C=O) groups is 1. The number of hydrogen-bond acceptors (Lipinski definition) is 3. The lowest BCUT2D eigenvalue weighted by Gasteiger charge is -2.20. The first-order valence-corrected chi connectivity index (χ1v) is 23.7. The Balaban J connectivity index is 3.62. The Kier molecular flexibility index (Phi) is 44.4. The van der Waals surface area contributed by atoms with Gasteiger partial charge in [0.15, 0.2) is 0 Å². The normalized spacial score (nSPS) is 13.6. The number of hydrogen-bond donors (Lipinski definition) is 3. The van der Waals surface area contributed by atoms with Gasteiger partial charge in [-0.1, -0.05) is 228 Å². The molecule has 0 bridgehead atoms. The highest BCUT2D eigenvalue weighted by Gasteiger charge is 2.17. The number of rotatable bonds is 42. The molecule has 2 unspecified atom stereocenters. The van der Waals surface area contributed by atoms with Gasteiger partial charge in [-0.15, -0.1) is 0 Å². The second-order valence-corrected chi connectivity index (χ2v) is 15.8. The van der Waals surface area contributed by atoms with Gasteiger partial charge in [0.25, 0.3) is 0 Å². The summed E-state index contributed by atoms with van der Waals surface area (Å²) in [5, 5.41) is 23.1. The van der Waals surface area contributed by atoms with Crippen LogP contribution < -0.4 is 5.32 Å². The van der Waals surface area contributed by atoms with Gasteiger partial charge >= 0.3 is 0 Å². The van der Waals surface area contributed by atoms with Crippen molar-refractivity contribution in [3.05, 3.63) is 72.9 Å². The first-order valence-electron chi connectivity index (χ1n) is 23.7. The lowest BCUT2D eigenvalue weighted by molar-refractivity contribution is -0.123. The molecule has 0 spiro atoms. The largest absolute Gasteiger partial charge is 0.394 e. The Morgan fingerprint density at radius 2 is 0.800 bits per heavy atom. The summed E-state index contributed by atoms with van der Waals surface area (Å²) in [7, 11) is 0. The van der Waals surface area contributed by atoms with Gasteiger partial charge < -0.3 is 15.5 Å². The molecule has 4 heteroatoms. The van der Waals surface area contributed by atoms with E-state index in [9.17, 15) is 15.0 Å². The average Bonchev–Trinajstić information content (AvgIpc) is 3.19. The summed E-state index contributed by atoms with van der Waals surface area (Å²) in [6.45, 7) is 4.19. The predicted molar refractivity (Wildman–Crippen MR) is 244 cm³/mol. The van der Waals surface area contributed by atoms with E-state index in [1.54, 1.807) is 6.08 Å². The van der Waals surface area contributed by atoms with E-state index in [0.29, 0.717) is 6.42 Å². The number of allylic oxidation sites excluding steroid dienone is 11. The van der Waals surface area contributed by atoms with Crippen LogP contribution in [0.4, 0.5) is 0 Å². The second-order valence-electron chi connectivity index (χ2n) is 15.8. The highest BCUT2D eigenvalue weighted by molar-refractivity contribution is 5.76. The Morgan fingerprint density at radius 1 is 0.455 bits per heavy atom. The zero-order valence-electron chi connectivity index (χ0n) is 36.4. The molecule has 0 heterocycles. The average molecular weight is 766 g/mol. The van der Waals surface area contributed by atoms with E-state index in [4.69, 9.17) is 0 Å². The van der Waals surface area contributed by atoms with Crippen molar-refractivity contribution in [3.63, 3.8) is 0 Å². The fourth-order valence-electron chi connectivity index (χ4n) is 6.85. The fraction of sp³-hybridized carbons (Fsp3) is 0.745. The minimum atomic E-state index is -0.852. The summed E-state index contributed by atoms with van der Waals surface area (Å²) in [4.78, 5) is 12.4. The highest BCUT2D eigenvalue weighted by atomic mass is 16.3. The zero-order valence-corrected chi connectivity index (χ0v) is 36.4. The molecular weight excluding hydrogens is 675 g/mol. The maximum absolute atomic E-state index is 12.4. The lowest BCUT2D eigenvalue weighted by Crippen LogP contribution is -2.45. The van der Waals surface area contributed by atoms with Crippen LogP contribution in [0.1, 0.15) is 226 Å². The number of aliphatic hydroxyl groups is 2. The third kappa shape index (κ3) is 42.8. The molecule has 0 radical (unpaired) electrons. The molecule has 0 saturated heterocycles. The quantitative estimate of drug-likeness (QED) is 0.0428. The molecule has 0 aliphatic heterocycles. The predicted octanol–water partition coefficient (Wildman–Crippen LogP) is 15.1. The number of unbranched alkanes of at least 4 members (excludes halogenated alkanes) is 25. The van der Waals surface area contributed by atoms with Gasteiger partial charge in [-0.05, 0) is 64.2 Å². The van der Waals surface area contributed by atoms with E-state index >= 15 is 0 Å². The molecule has 2 atom stereocenters. The molecular formula is C51H91NO3. The zero-order chi connectivity index (χ0) is 40.0. The maximum atomic E-state index is 12.4. The Bertz CT molecular complexity index is 961. The topological polar surface area (TPSA) is 69.6 Å². The number of nitrogens with one attached hydrogen (secondary N) is 1. The van der Waals surface area contributed by atoms with Gasteiger partial charge in [0.1, 0.15) is 0 Å².